The van der Waals surface area contributed by atoms with Crippen LogP contribution in [0.15, 0.2) is 114 Å². The van der Waals surface area contributed by atoms with E-state index in [0.29, 0.717) is 0 Å². The predicted molar refractivity (Wildman–Crippen MR) is 136 cm³/mol. The molecule has 2 nitrogen and oxygen atoms in total. The molecule has 0 unspecified atom stereocenters. The van der Waals surface area contributed by atoms with Crippen LogP contribution in [0.5, 0.6) is 0 Å². The molecule has 0 fully saturated rings. The molecular weight excluding hydrogens is 388 g/mol. The van der Waals surface area contributed by atoms with Gasteiger partial charge in [0.1, 0.15) is 0 Å². The Hall–Kier alpha value is -3.91. The molecule has 0 spiro atoms. The maximum atomic E-state index is 5.07. The monoisotopic (exact) mass is 414 g/mol. The van der Waals surface area contributed by atoms with E-state index in [4.69, 9.17) is 5.10 Å². The van der Waals surface area contributed by atoms with Crippen molar-refractivity contribution >= 4 is 23.6 Å². The fraction of sp³-hybridized carbons (Fsp3) is 0.100. The summed E-state index contributed by atoms with van der Waals surface area (Å²) >= 11 is 0. The molecule has 0 N–H and O–H groups in total. The summed E-state index contributed by atoms with van der Waals surface area (Å²) in [7, 11) is 0. The van der Waals surface area contributed by atoms with Gasteiger partial charge < -0.3 is 0 Å². The third-order valence-electron chi connectivity index (χ3n) is 5.90. The molecule has 5 rings (SSSR count). The molecule has 2 heteroatoms. The lowest BCUT2D eigenvalue weighted by molar-refractivity contribution is 0.709. The minimum Gasteiger partial charge on any atom is -0.257 e. The van der Waals surface area contributed by atoms with Gasteiger partial charge in [-0.15, -0.1) is 0 Å². The second-order valence-corrected chi connectivity index (χ2v) is 8.22. The van der Waals surface area contributed by atoms with E-state index in [9.17, 15) is 0 Å². The van der Waals surface area contributed by atoms with E-state index in [1.807, 2.05) is 6.07 Å². The van der Waals surface area contributed by atoms with E-state index in [-0.39, 0.29) is 6.04 Å². The minimum atomic E-state index is 0.193. The maximum Gasteiger partial charge on any atom is 0.0831 e. The lowest BCUT2D eigenvalue weighted by Gasteiger charge is -2.24. The van der Waals surface area contributed by atoms with Crippen LogP contribution in [0.3, 0.4) is 0 Å². The first-order chi connectivity index (χ1) is 15.8. The van der Waals surface area contributed by atoms with Gasteiger partial charge in [0.25, 0.3) is 0 Å². The van der Waals surface area contributed by atoms with Gasteiger partial charge >= 0.3 is 0 Å². The Bertz CT molecular complexity index is 1220. The molecule has 4 aromatic carbocycles. The van der Waals surface area contributed by atoms with Gasteiger partial charge in [0.2, 0.25) is 0 Å². The summed E-state index contributed by atoms with van der Waals surface area (Å²) < 4.78 is 0. The highest BCUT2D eigenvalue weighted by Gasteiger charge is 2.29. The van der Waals surface area contributed by atoms with E-state index in [1.165, 1.54) is 27.8 Å². The Morgan fingerprint density at radius 1 is 0.688 bits per heavy atom. The Labute approximate surface area is 190 Å². The SMILES string of the molecule is Cc1ccc(C2=NN(c3ccc(/C=C/c4ccccc4)cc3)[C@@H](c3ccccc3)C2)cc1. The van der Waals surface area contributed by atoms with Crippen molar-refractivity contribution in [2.75, 3.05) is 5.01 Å². The molecule has 0 amide bonds. The molecule has 1 aliphatic rings. The summed E-state index contributed by atoms with van der Waals surface area (Å²) in [6.45, 7) is 2.12. The molecule has 1 aliphatic heterocycles. The van der Waals surface area contributed by atoms with Crippen LogP contribution in [-0.2, 0) is 0 Å². The third kappa shape index (κ3) is 4.40. The molecule has 4 aromatic rings. The van der Waals surface area contributed by atoms with Crippen molar-refractivity contribution < 1.29 is 0 Å². The van der Waals surface area contributed by atoms with Crippen molar-refractivity contribution in [3.05, 3.63) is 137 Å². The highest BCUT2D eigenvalue weighted by molar-refractivity contribution is 6.03. The zero-order valence-electron chi connectivity index (χ0n) is 18.2. The number of aryl methyl sites for hydroxylation is 1. The zero-order chi connectivity index (χ0) is 21.8. The second kappa shape index (κ2) is 9.07. The molecule has 0 aromatic heterocycles. The Kier molecular flexibility index (Phi) is 5.67. The van der Waals surface area contributed by atoms with Crippen LogP contribution in [-0.4, -0.2) is 5.71 Å². The van der Waals surface area contributed by atoms with Crippen LogP contribution in [0, 0.1) is 6.92 Å². The molecule has 0 aliphatic carbocycles. The number of nitrogens with zero attached hydrogens (tertiary/aromatic N) is 2. The van der Waals surface area contributed by atoms with Gasteiger partial charge in [0, 0.05) is 6.42 Å². The Morgan fingerprint density at radius 2 is 1.28 bits per heavy atom. The van der Waals surface area contributed by atoms with Crippen molar-refractivity contribution in [3.8, 4) is 0 Å². The lowest BCUT2D eigenvalue weighted by Crippen LogP contribution is -2.18. The number of hydrogen-bond donors (Lipinski definition) is 0. The number of hydrazone groups is 1. The summed E-state index contributed by atoms with van der Waals surface area (Å²) in [5.41, 5.74) is 8.36. The predicted octanol–water partition coefficient (Wildman–Crippen LogP) is 7.52. The smallest absolute Gasteiger partial charge is 0.0831 e. The Balaban J connectivity index is 1.44. The van der Waals surface area contributed by atoms with Gasteiger partial charge in [-0.05, 0) is 41.3 Å². The van der Waals surface area contributed by atoms with Crippen molar-refractivity contribution in [2.24, 2.45) is 5.10 Å². The van der Waals surface area contributed by atoms with Crippen molar-refractivity contribution in [1.82, 2.24) is 0 Å². The highest BCUT2D eigenvalue weighted by atomic mass is 15.5. The number of rotatable bonds is 5. The molecule has 32 heavy (non-hydrogen) atoms. The standard InChI is InChI=1S/C30H26N2/c1-23-12-18-26(19-13-23)29-22-30(27-10-6-3-7-11-27)32(31-29)28-20-16-25(17-21-28)15-14-24-8-4-2-5-9-24/h2-21,30H,22H2,1H3/b15-14+/t30-/m1/s1. The second-order valence-electron chi connectivity index (χ2n) is 8.22. The van der Waals surface area contributed by atoms with Crippen LogP contribution in [0.4, 0.5) is 5.69 Å². The van der Waals surface area contributed by atoms with Crippen LogP contribution in [0.1, 0.15) is 40.3 Å². The van der Waals surface area contributed by atoms with Gasteiger partial charge in [0.15, 0.2) is 0 Å². The molecule has 0 bridgehead atoms. The summed E-state index contributed by atoms with van der Waals surface area (Å²) in [5.74, 6) is 0. The quantitative estimate of drug-likeness (QED) is 0.308. The summed E-state index contributed by atoms with van der Waals surface area (Å²) in [4.78, 5) is 0. The molecule has 1 atom stereocenters. The normalized spacial score (nSPS) is 15.8. The largest absolute Gasteiger partial charge is 0.257 e. The average Bonchev–Trinajstić information content (AvgIpc) is 3.30. The number of anilines is 1. The third-order valence-corrected chi connectivity index (χ3v) is 5.90. The van der Waals surface area contributed by atoms with Gasteiger partial charge in [-0.3, -0.25) is 5.01 Å². The molecular formula is C30H26N2. The van der Waals surface area contributed by atoms with Crippen LogP contribution in [0.25, 0.3) is 12.2 Å². The fourth-order valence-corrected chi connectivity index (χ4v) is 4.10. The first-order valence-corrected chi connectivity index (χ1v) is 11.1. The van der Waals surface area contributed by atoms with E-state index in [0.717, 1.165) is 17.8 Å². The number of hydrogen-bond acceptors (Lipinski definition) is 2. The molecule has 156 valence electrons. The number of benzene rings is 4. The fourth-order valence-electron chi connectivity index (χ4n) is 4.10. The molecule has 0 saturated carbocycles. The van der Waals surface area contributed by atoms with E-state index < -0.39 is 0 Å². The van der Waals surface area contributed by atoms with Gasteiger partial charge in [0.05, 0.1) is 17.4 Å². The maximum absolute atomic E-state index is 5.07. The zero-order valence-corrected chi connectivity index (χ0v) is 18.2. The summed E-state index contributed by atoms with van der Waals surface area (Å²) in [6, 6.07) is 38.6. The summed E-state index contributed by atoms with van der Waals surface area (Å²) in [6.07, 6.45) is 5.19. The molecule has 0 saturated heterocycles. The van der Waals surface area contributed by atoms with Gasteiger partial charge in [-0.2, -0.15) is 5.10 Å². The van der Waals surface area contributed by atoms with Gasteiger partial charge in [-0.25, -0.2) is 0 Å². The van der Waals surface area contributed by atoms with Gasteiger partial charge in [-0.1, -0.05) is 115 Å². The molecule has 0 radical (unpaired) electrons. The van der Waals surface area contributed by atoms with E-state index in [2.05, 4.69) is 127 Å². The Morgan fingerprint density at radius 3 is 1.94 bits per heavy atom. The van der Waals surface area contributed by atoms with Crippen LogP contribution >= 0.6 is 0 Å². The first kappa shape index (κ1) is 20.0. The van der Waals surface area contributed by atoms with E-state index >= 15 is 0 Å². The van der Waals surface area contributed by atoms with Crippen molar-refractivity contribution in [2.45, 2.75) is 19.4 Å². The highest BCUT2D eigenvalue weighted by Crippen LogP contribution is 2.36. The lowest BCUT2D eigenvalue weighted by atomic mass is 9.98. The summed E-state index contributed by atoms with van der Waals surface area (Å²) in [5, 5.41) is 7.25. The molecule has 1 heterocycles. The first-order valence-electron chi connectivity index (χ1n) is 11.1. The minimum absolute atomic E-state index is 0.193. The topological polar surface area (TPSA) is 15.6 Å². The van der Waals surface area contributed by atoms with Crippen LogP contribution in [0.2, 0.25) is 0 Å². The van der Waals surface area contributed by atoms with Crippen LogP contribution < -0.4 is 5.01 Å². The van der Waals surface area contributed by atoms with Crippen molar-refractivity contribution in [3.63, 3.8) is 0 Å². The average molecular weight is 415 g/mol. The van der Waals surface area contributed by atoms with E-state index in [1.54, 1.807) is 0 Å². The van der Waals surface area contributed by atoms with Crippen molar-refractivity contribution in [1.29, 1.82) is 0 Å².